The van der Waals surface area contributed by atoms with Gasteiger partial charge in [0.25, 0.3) is 5.91 Å². The minimum absolute atomic E-state index is 0.204. The van der Waals surface area contributed by atoms with Gasteiger partial charge in [-0.1, -0.05) is 0 Å². The van der Waals surface area contributed by atoms with E-state index in [9.17, 15) is 4.79 Å². The van der Waals surface area contributed by atoms with Gasteiger partial charge in [0, 0.05) is 17.8 Å². The van der Waals surface area contributed by atoms with Crippen LogP contribution in [0.4, 0.5) is 5.69 Å². The van der Waals surface area contributed by atoms with Gasteiger partial charge in [-0.05, 0) is 55.5 Å². The number of nitrogens with zero attached hydrogens (tertiary/aromatic N) is 1. The van der Waals surface area contributed by atoms with Crippen LogP contribution in [0.3, 0.4) is 0 Å². The van der Waals surface area contributed by atoms with E-state index in [1.54, 1.807) is 7.11 Å². The second-order valence-electron chi connectivity index (χ2n) is 4.88. The lowest BCUT2D eigenvalue weighted by atomic mass is 9.94. The lowest BCUT2D eigenvalue weighted by molar-refractivity contribution is -0.114. The molecule has 0 atom stereocenters. The molecule has 0 aromatic heterocycles. The summed E-state index contributed by atoms with van der Waals surface area (Å²) in [5.74, 6) is 1.03. The number of rotatable bonds is 2. The minimum Gasteiger partial charge on any atom is -0.497 e. The molecule has 0 unspecified atom stereocenters. The van der Waals surface area contributed by atoms with Crippen LogP contribution in [0, 0.1) is 0 Å². The molecule has 0 spiro atoms. The number of carbonyl (C=O) groups excluding carboxylic acids is 1. The Balaban J connectivity index is 1.84. The first-order valence-electron chi connectivity index (χ1n) is 6.46. The van der Waals surface area contributed by atoms with Crippen molar-refractivity contribution in [3.8, 4) is 5.75 Å². The van der Waals surface area contributed by atoms with Crippen LogP contribution in [0.15, 0.2) is 35.4 Å². The fourth-order valence-electron chi connectivity index (χ4n) is 2.80. The van der Waals surface area contributed by atoms with Crippen molar-refractivity contribution in [2.24, 2.45) is 0 Å². The van der Waals surface area contributed by atoms with Gasteiger partial charge in [-0.3, -0.25) is 4.79 Å². The zero-order valence-corrected chi connectivity index (χ0v) is 10.6. The van der Waals surface area contributed by atoms with E-state index in [0.717, 1.165) is 42.8 Å². The smallest absolute Gasteiger partial charge is 0.254 e. The maximum Gasteiger partial charge on any atom is 0.254 e. The summed E-state index contributed by atoms with van der Waals surface area (Å²) in [7, 11) is 1.65. The number of methoxy groups -OCH3 is 1. The normalized spacial score (nSPS) is 19.2. The zero-order valence-electron chi connectivity index (χ0n) is 10.6. The summed E-state index contributed by atoms with van der Waals surface area (Å²) in [6, 6.07) is 7.71. The monoisotopic (exact) mass is 243 g/mol. The van der Waals surface area contributed by atoms with Crippen LogP contribution in [0.1, 0.15) is 25.7 Å². The van der Waals surface area contributed by atoms with Crippen molar-refractivity contribution >= 4 is 11.6 Å². The Kier molecular flexibility index (Phi) is 2.82. The van der Waals surface area contributed by atoms with Gasteiger partial charge in [-0.2, -0.15) is 0 Å². The molecular weight excluding hydrogens is 226 g/mol. The number of hydrogen-bond acceptors (Lipinski definition) is 2. The van der Waals surface area contributed by atoms with Gasteiger partial charge in [-0.15, -0.1) is 0 Å². The standard InChI is InChI=1S/C15H17NO2/c1-18-13-8-6-12(7-9-13)16-10-11-4-2-3-5-14(11)15(16)17/h6-9H,2-5,10H2,1H3. The molecule has 2 aliphatic rings. The molecule has 1 amide bonds. The topological polar surface area (TPSA) is 29.5 Å². The number of ether oxygens (including phenoxy) is 1. The van der Waals surface area contributed by atoms with Crippen molar-refractivity contribution < 1.29 is 9.53 Å². The first-order chi connectivity index (χ1) is 8.79. The molecule has 1 aromatic rings. The van der Waals surface area contributed by atoms with Crippen molar-refractivity contribution in [3.63, 3.8) is 0 Å². The molecule has 0 fully saturated rings. The molecule has 3 nitrogen and oxygen atoms in total. The van der Waals surface area contributed by atoms with Gasteiger partial charge < -0.3 is 9.64 Å². The summed E-state index contributed by atoms with van der Waals surface area (Å²) in [5.41, 5.74) is 3.38. The molecule has 1 heterocycles. The van der Waals surface area contributed by atoms with Gasteiger partial charge in [0.15, 0.2) is 0 Å². The van der Waals surface area contributed by atoms with E-state index in [-0.39, 0.29) is 5.91 Å². The molecule has 18 heavy (non-hydrogen) atoms. The number of hydrogen-bond donors (Lipinski definition) is 0. The highest BCUT2D eigenvalue weighted by molar-refractivity contribution is 6.09. The highest BCUT2D eigenvalue weighted by Crippen LogP contribution is 2.34. The summed E-state index contributed by atoms with van der Waals surface area (Å²) >= 11 is 0. The molecule has 0 N–H and O–H groups in total. The molecular formula is C15H17NO2. The van der Waals surface area contributed by atoms with E-state index in [0.29, 0.717) is 0 Å². The SMILES string of the molecule is COc1ccc(N2CC3=C(CCCC3)C2=O)cc1. The van der Waals surface area contributed by atoms with Gasteiger partial charge >= 0.3 is 0 Å². The molecule has 1 aliphatic carbocycles. The van der Waals surface area contributed by atoms with Crippen LogP contribution in [-0.4, -0.2) is 19.6 Å². The maximum absolute atomic E-state index is 12.3. The van der Waals surface area contributed by atoms with Crippen molar-refractivity contribution in [2.45, 2.75) is 25.7 Å². The van der Waals surface area contributed by atoms with E-state index in [1.807, 2.05) is 29.2 Å². The lowest BCUT2D eigenvalue weighted by Gasteiger charge is -2.17. The first kappa shape index (κ1) is 11.3. The molecule has 94 valence electrons. The number of carbonyl (C=O) groups is 1. The van der Waals surface area contributed by atoms with Crippen molar-refractivity contribution in [2.75, 3.05) is 18.6 Å². The highest BCUT2D eigenvalue weighted by Gasteiger charge is 2.32. The second-order valence-corrected chi connectivity index (χ2v) is 4.88. The number of benzene rings is 1. The molecule has 0 bridgehead atoms. The van der Waals surface area contributed by atoms with E-state index >= 15 is 0 Å². The van der Waals surface area contributed by atoms with Crippen LogP contribution < -0.4 is 9.64 Å². The van der Waals surface area contributed by atoms with Gasteiger partial charge in [0.1, 0.15) is 5.75 Å². The summed E-state index contributed by atoms with van der Waals surface area (Å²) in [6.45, 7) is 0.778. The summed E-state index contributed by atoms with van der Waals surface area (Å²) in [5, 5.41) is 0. The Morgan fingerprint density at radius 2 is 1.83 bits per heavy atom. The Bertz CT molecular complexity index is 502. The van der Waals surface area contributed by atoms with Crippen LogP contribution in [-0.2, 0) is 4.79 Å². The van der Waals surface area contributed by atoms with E-state index < -0.39 is 0 Å². The van der Waals surface area contributed by atoms with E-state index in [1.165, 1.54) is 12.0 Å². The maximum atomic E-state index is 12.3. The molecule has 0 saturated heterocycles. The van der Waals surface area contributed by atoms with Crippen LogP contribution >= 0.6 is 0 Å². The fraction of sp³-hybridized carbons (Fsp3) is 0.400. The average molecular weight is 243 g/mol. The Labute approximate surface area is 107 Å². The van der Waals surface area contributed by atoms with E-state index in [2.05, 4.69) is 0 Å². The zero-order chi connectivity index (χ0) is 12.5. The molecule has 0 saturated carbocycles. The molecule has 3 rings (SSSR count). The fourth-order valence-corrected chi connectivity index (χ4v) is 2.80. The molecule has 3 heteroatoms. The highest BCUT2D eigenvalue weighted by atomic mass is 16.5. The third-order valence-electron chi connectivity index (χ3n) is 3.82. The number of anilines is 1. The largest absolute Gasteiger partial charge is 0.497 e. The quantitative estimate of drug-likeness (QED) is 0.799. The molecule has 0 radical (unpaired) electrons. The van der Waals surface area contributed by atoms with Gasteiger partial charge in [-0.25, -0.2) is 0 Å². The van der Waals surface area contributed by atoms with Gasteiger partial charge in [0.05, 0.1) is 7.11 Å². The van der Waals surface area contributed by atoms with Crippen LogP contribution in [0.2, 0.25) is 0 Å². The summed E-state index contributed by atoms with van der Waals surface area (Å²) in [4.78, 5) is 14.2. The third kappa shape index (κ3) is 1.80. The predicted octanol–water partition coefficient (Wildman–Crippen LogP) is 2.91. The summed E-state index contributed by atoms with van der Waals surface area (Å²) in [6.07, 6.45) is 4.43. The second kappa shape index (κ2) is 4.48. The molecule has 1 aliphatic heterocycles. The van der Waals surface area contributed by atoms with Crippen LogP contribution in [0.5, 0.6) is 5.75 Å². The lowest BCUT2D eigenvalue weighted by Crippen LogP contribution is -2.26. The van der Waals surface area contributed by atoms with Crippen molar-refractivity contribution in [1.29, 1.82) is 0 Å². The Morgan fingerprint density at radius 1 is 1.11 bits per heavy atom. The average Bonchev–Trinajstić information content (AvgIpc) is 2.77. The van der Waals surface area contributed by atoms with Gasteiger partial charge in [0.2, 0.25) is 0 Å². The Morgan fingerprint density at radius 3 is 2.50 bits per heavy atom. The minimum atomic E-state index is 0.204. The Hall–Kier alpha value is -1.77. The van der Waals surface area contributed by atoms with E-state index in [4.69, 9.17) is 4.74 Å². The van der Waals surface area contributed by atoms with Crippen molar-refractivity contribution in [1.82, 2.24) is 0 Å². The summed E-state index contributed by atoms with van der Waals surface area (Å²) < 4.78 is 5.14. The third-order valence-corrected chi connectivity index (χ3v) is 3.82. The molecule has 1 aromatic carbocycles. The number of amides is 1. The predicted molar refractivity (Wildman–Crippen MR) is 70.8 cm³/mol. The van der Waals surface area contributed by atoms with Crippen molar-refractivity contribution in [3.05, 3.63) is 35.4 Å². The first-order valence-corrected chi connectivity index (χ1v) is 6.46. The van der Waals surface area contributed by atoms with Crippen LogP contribution in [0.25, 0.3) is 0 Å².